The number of hydrogen-bond donors (Lipinski definition) is 1. The molecule has 11 heteroatoms. The van der Waals surface area contributed by atoms with Crippen molar-refractivity contribution in [1.82, 2.24) is 9.36 Å². The minimum Gasteiger partial charge on any atom is -0.459 e. The molecule has 2 heterocycles. The number of benzene rings is 1. The third-order valence-corrected chi connectivity index (χ3v) is 3.94. The van der Waals surface area contributed by atoms with Gasteiger partial charge in [0.2, 0.25) is 5.13 Å². The van der Waals surface area contributed by atoms with Crippen LogP contribution in [0.4, 0.5) is 18.3 Å². The molecule has 1 N–H and O–H groups in total. The molecule has 1 aromatic carbocycles. The van der Waals surface area contributed by atoms with Crippen molar-refractivity contribution in [1.29, 1.82) is 0 Å². The van der Waals surface area contributed by atoms with Crippen molar-refractivity contribution in [2.24, 2.45) is 0 Å². The highest BCUT2D eigenvalue weighted by Gasteiger charge is 2.31. The number of nitrogens with one attached hydrogen (secondary N) is 1. The Balaban J connectivity index is 1.75. The first-order valence-electron chi connectivity index (χ1n) is 6.98. The molecule has 0 saturated carbocycles. The Morgan fingerprint density at radius 3 is 2.81 bits per heavy atom. The Morgan fingerprint density at radius 1 is 1.31 bits per heavy atom. The smallest absolute Gasteiger partial charge is 0.459 e. The summed E-state index contributed by atoms with van der Waals surface area (Å²) in [6.45, 7) is 0. The van der Waals surface area contributed by atoms with E-state index in [2.05, 4.69) is 19.4 Å². The van der Waals surface area contributed by atoms with Gasteiger partial charge >= 0.3 is 6.36 Å². The number of nitrogens with zero attached hydrogens (tertiary/aromatic N) is 2. The van der Waals surface area contributed by atoms with Crippen LogP contribution in [0.3, 0.4) is 0 Å². The van der Waals surface area contributed by atoms with Gasteiger partial charge in [0, 0.05) is 17.1 Å². The quantitative estimate of drug-likeness (QED) is 0.625. The van der Waals surface area contributed by atoms with Gasteiger partial charge in [0.1, 0.15) is 5.75 Å². The summed E-state index contributed by atoms with van der Waals surface area (Å²) in [4.78, 5) is 16.1. The number of carbonyl (C=O) groups is 1. The number of anilines is 1. The lowest BCUT2D eigenvalue weighted by Gasteiger charge is -2.09. The third-order valence-electron chi connectivity index (χ3n) is 3.03. The Kier molecular flexibility index (Phi) is 5.14. The Labute approximate surface area is 153 Å². The molecule has 0 aliphatic rings. The van der Waals surface area contributed by atoms with Crippen LogP contribution in [0, 0.1) is 0 Å². The van der Waals surface area contributed by atoms with E-state index in [0.29, 0.717) is 17.0 Å². The summed E-state index contributed by atoms with van der Waals surface area (Å²) >= 11 is 6.55. The van der Waals surface area contributed by atoms with Crippen LogP contribution in [0.5, 0.6) is 5.75 Å². The summed E-state index contributed by atoms with van der Waals surface area (Å²) in [7, 11) is 0. The highest BCUT2D eigenvalue weighted by Crippen LogP contribution is 2.29. The fourth-order valence-corrected chi connectivity index (χ4v) is 2.77. The maximum Gasteiger partial charge on any atom is 0.573 e. The first-order valence-corrected chi connectivity index (χ1v) is 8.29. The summed E-state index contributed by atoms with van der Waals surface area (Å²) in [6.07, 6.45) is -3.53. The molecular weight excluding hydrogens is 395 g/mol. The predicted molar refractivity (Wildman–Crippen MR) is 88.2 cm³/mol. The maximum atomic E-state index is 12.3. The lowest BCUT2D eigenvalue weighted by atomic mass is 10.1. The van der Waals surface area contributed by atoms with Crippen LogP contribution in [0.15, 0.2) is 41.0 Å². The molecule has 0 unspecified atom stereocenters. The second-order valence-electron chi connectivity index (χ2n) is 4.88. The van der Waals surface area contributed by atoms with Crippen molar-refractivity contribution in [3.8, 4) is 16.9 Å². The van der Waals surface area contributed by atoms with E-state index in [1.165, 1.54) is 30.5 Å². The monoisotopic (exact) mass is 403 g/mol. The minimum atomic E-state index is -4.79. The number of furan rings is 1. The van der Waals surface area contributed by atoms with Gasteiger partial charge in [-0.2, -0.15) is 4.37 Å². The summed E-state index contributed by atoms with van der Waals surface area (Å²) in [6, 6.07) is 6.73. The predicted octanol–water partition coefficient (Wildman–Crippen LogP) is 4.69. The molecule has 0 fully saturated rings. The molecule has 0 aliphatic heterocycles. The van der Waals surface area contributed by atoms with Gasteiger partial charge in [-0.15, -0.1) is 24.8 Å². The minimum absolute atomic E-state index is 0.0373. The van der Waals surface area contributed by atoms with Crippen molar-refractivity contribution in [3.63, 3.8) is 0 Å². The first-order chi connectivity index (χ1) is 12.3. The van der Waals surface area contributed by atoms with Crippen LogP contribution in [0.1, 0.15) is 16.4 Å². The van der Waals surface area contributed by atoms with E-state index in [-0.39, 0.29) is 22.5 Å². The van der Waals surface area contributed by atoms with Crippen molar-refractivity contribution in [2.45, 2.75) is 12.2 Å². The maximum absolute atomic E-state index is 12.3. The molecule has 2 aromatic heterocycles. The summed E-state index contributed by atoms with van der Waals surface area (Å²) < 4.78 is 49.9. The van der Waals surface area contributed by atoms with E-state index in [1.807, 2.05) is 0 Å². The lowest BCUT2D eigenvalue weighted by molar-refractivity contribution is -0.274. The van der Waals surface area contributed by atoms with Gasteiger partial charge in [0.05, 0.1) is 12.1 Å². The SMILES string of the molecule is O=C(Nc1nc(CCl)ns1)c1cc(-c2cccc(OC(F)(F)F)c2)co1. The number of alkyl halides is 4. The lowest BCUT2D eigenvalue weighted by Crippen LogP contribution is -2.17. The highest BCUT2D eigenvalue weighted by atomic mass is 35.5. The highest BCUT2D eigenvalue weighted by molar-refractivity contribution is 7.09. The molecule has 0 saturated heterocycles. The van der Waals surface area contributed by atoms with Gasteiger partial charge in [-0.05, 0) is 23.8 Å². The van der Waals surface area contributed by atoms with Crippen molar-refractivity contribution in [2.75, 3.05) is 5.32 Å². The van der Waals surface area contributed by atoms with Crippen LogP contribution >= 0.6 is 23.1 Å². The average molecular weight is 404 g/mol. The van der Waals surface area contributed by atoms with Crippen molar-refractivity contribution in [3.05, 3.63) is 48.2 Å². The number of hydrogen-bond acceptors (Lipinski definition) is 6. The fraction of sp³-hybridized carbons (Fsp3) is 0.133. The van der Waals surface area contributed by atoms with Gasteiger partial charge in [-0.25, -0.2) is 4.98 Å². The zero-order chi connectivity index (χ0) is 18.7. The van der Waals surface area contributed by atoms with E-state index in [4.69, 9.17) is 16.0 Å². The number of ether oxygens (including phenoxy) is 1. The number of carbonyl (C=O) groups excluding carboxylic acids is 1. The Morgan fingerprint density at radius 2 is 2.12 bits per heavy atom. The standard InChI is InChI=1S/C15H9ClF3N3O3S/c16-6-12-20-14(26-22-12)21-13(23)11-5-9(7-24-11)8-2-1-3-10(4-8)25-15(17,18)19/h1-5,7H,6H2,(H,20,21,22,23). The van der Waals surface area contributed by atoms with E-state index in [9.17, 15) is 18.0 Å². The molecule has 6 nitrogen and oxygen atoms in total. The van der Waals surface area contributed by atoms with Gasteiger partial charge < -0.3 is 9.15 Å². The van der Waals surface area contributed by atoms with Gasteiger partial charge in [0.25, 0.3) is 5.91 Å². The van der Waals surface area contributed by atoms with E-state index >= 15 is 0 Å². The van der Waals surface area contributed by atoms with Gasteiger partial charge in [0.15, 0.2) is 11.6 Å². The second kappa shape index (κ2) is 7.34. The molecule has 26 heavy (non-hydrogen) atoms. The molecule has 0 aliphatic carbocycles. The van der Waals surface area contributed by atoms with E-state index in [0.717, 1.165) is 11.5 Å². The summed E-state index contributed by atoms with van der Waals surface area (Å²) in [5.74, 6) is -0.479. The first kappa shape index (κ1) is 18.2. The molecule has 0 spiro atoms. The summed E-state index contributed by atoms with van der Waals surface area (Å²) in [5.41, 5.74) is 0.816. The molecule has 136 valence electrons. The number of halogens is 4. The molecule has 3 rings (SSSR count). The van der Waals surface area contributed by atoms with Gasteiger partial charge in [-0.1, -0.05) is 12.1 Å². The van der Waals surface area contributed by atoms with Crippen LogP contribution in [0.2, 0.25) is 0 Å². The summed E-state index contributed by atoms with van der Waals surface area (Å²) in [5, 5.41) is 2.75. The third kappa shape index (κ3) is 4.52. The van der Waals surface area contributed by atoms with Crippen LogP contribution < -0.4 is 10.1 Å². The van der Waals surface area contributed by atoms with Crippen molar-refractivity contribution < 1.29 is 27.1 Å². The zero-order valence-electron chi connectivity index (χ0n) is 12.7. The Hall–Kier alpha value is -2.59. The molecule has 0 bridgehead atoms. The van der Waals surface area contributed by atoms with Crippen LogP contribution in [-0.4, -0.2) is 21.6 Å². The van der Waals surface area contributed by atoms with Crippen LogP contribution in [0.25, 0.3) is 11.1 Å². The molecule has 0 atom stereocenters. The fourth-order valence-electron chi connectivity index (χ4n) is 2.00. The van der Waals surface area contributed by atoms with E-state index < -0.39 is 12.3 Å². The van der Waals surface area contributed by atoms with Crippen LogP contribution in [-0.2, 0) is 5.88 Å². The topological polar surface area (TPSA) is 77.2 Å². The van der Waals surface area contributed by atoms with Crippen molar-refractivity contribution >= 4 is 34.2 Å². The number of aromatic nitrogens is 2. The molecule has 0 radical (unpaired) electrons. The van der Waals surface area contributed by atoms with E-state index in [1.54, 1.807) is 6.07 Å². The second-order valence-corrected chi connectivity index (χ2v) is 5.90. The largest absolute Gasteiger partial charge is 0.573 e. The average Bonchev–Trinajstić information content (AvgIpc) is 3.22. The zero-order valence-corrected chi connectivity index (χ0v) is 14.3. The number of amides is 1. The normalized spacial score (nSPS) is 11.4. The van der Waals surface area contributed by atoms with Gasteiger partial charge in [-0.3, -0.25) is 10.1 Å². The molecular formula is C15H9ClF3N3O3S. The Bertz CT molecular complexity index is 926. The molecule has 3 aromatic rings. The number of rotatable bonds is 5. The molecule has 1 amide bonds.